The SMILES string of the molecule is CC(C)(C)OC(=O)N1CC[C@@H](Cn2ccc(-c3ccccc3)cc2=O)C2(CCCC2)C1. The Bertz CT molecular complexity index is 968. The maximum atomic E-state index is 12.9. The molecular formula is C26H34N2O3. The number of nitrogens with zero attached hydrogens (tertiary/aromatic N) is 2. The van der Waals surface area contributed by atoms with E-state index in [4.69, 9.17) is 4.74 Å². The van der Waals surface area contributed by atoms with Crippen LogP contribution >= 0.6 is 0 Å². The van der Waals surface area contributed by atoms with Gasteiger partial charge in [0.05, 0.1) is 0 Å². The molecule has 2 fully saturated rings. The number of ether oxygens (including phenoxy) is 1. The van der Waals surface area contributed by atoms with Crippen LogP contribution < -0.4 is 5.56 Å². The number of amides is 1. The van der Waals surface area contributed by atoms with E-state index >= 15 is 0 Å². The molecule has 166 valence electrons. The fourth-order valence-electron chi connectivity index (χ4n) is 5.33. The summed E-state index contributed by atoms with van der Waals surface area (Å²) in [5, 5.41) is 0. The van der Waals surface area contributed by atoms with Crippen LogP contribution in [0.2, 0.25) is 0 Å². The highest BCUT2D eigenvalue weighted by Crippen LogP contribution is 2.49. The van der Waals surface area contributed by atoms with Crippen LogP contribution in [-0.2, 0) is 11.3 Å². The predicted molar refractivity (Wildman–Crippen MR) is 123 cm³/mol. The monoisotopic (exact) mass is 422 g/mol. The summed E-state index contributed by atoms with van der Waals surface area (Å²) >= 11 is 0. The minimum atomic E-state index is -0.482. The highest BCUT2D eigenvalue weighted by atomic mass is 16.6. The van der Waals surface area contributed by atoms with Crippen molar-refractivity contribution in [3.8, 4) is 11.1 Å². The number of benzene rings is 1. The van der Waals surface area contributed by atoms with Crippen molar-refractivity contribution in [2.45, 2.75) is 65.0 Å². The predicted octanol–water partition coefficient (Wildman–Crippen LogP) is 5.33. The Hall–Kier alpha value is -2.56. The second kappa shape index (κ2) is 8.52. The number of hydrogen-bond acceptors (Lipinski definition) is 3. The zero-order valence-corrected chi connectivity index (χ0v) is 19.0. The number of aromatic nitrogens is 1. The van der Waals surface area contributed by atoms with Crippen molar-refractivity contribution in [2.75, 3.05) is 13.1 Å². The average molecular weight is 423 g/mol. The molecule has 1 saturated heterocycles. The molecule has 0 unspecified atom stereocenters. The molecule has 1 aliphatic carbocycles. The van der Waals surface area contributed by atoms with Crippen molar-refractivity contribution in [2.24, 2.45) is 11.3 Å². The molecule has 0 radical (unpaired) electrons. The maximum absolute atomic E-state index is 12.9. The van der Waals surface area contributed by atoms with E-state index in [9.17, 15) is 9.59 Å². The third kappa shape index (κ3) is 4.86. The fraction of sp³-hybridized carbons (Fsp3) is 0.538. The molecule has 1 atom stereocenters. The van der Waals surface area contributed by atoms with Crippen LogP contribution in [-0.4, -0.2) is 34.3 Å². The molecule has 5 heteroatoms. The molecule has 1 saturated carbocycles. The Morgan fingerprint density at radius 2 is 1.81 bits per heavy atom. The molecular weight excluding hydrogens is 388 g/mol. The minimum Gasteiger partial charge on any atom is -0.444 e. The normalized spacial score (nSPS) is 20.7. The number of likely N-dealkylation sites (tertiary alicyclic amines) is 1. The number of piperidine rings is 1. The van der Waals surface area contributed by atoms with Crippen molar-refractivity contribution in [3.63, 3.8) is 0 Å². The quantitative estimate of drug-likeness (QED) is 0.671. The lowest BCUT2D eigenvalue weighted by Crippen LogP contribution is -2.52. The molecule has 0 bridgehead atoms. The molecule has 4 rings (SSSR count). The molecule has 1 aliphatic heterocycles. The van der Waals surface area contributed by atoms with Crippen molar-refractivity contribution in [1.29, 1.82) is 0 Å². The maximum Gasteiger partial charge on any atom is 0.410 e. The third-order valence-corrected chi connectivity index (χ3v) is 6.89. The van der Waals surface area contributed by atoms with Crippen molar-refractivity contribution in [3.05, 3.63) is 59.0 Å². The van der Waals surface area contributed by atoms with Gasteiger partial charge in [0, 0.05) is 31.9 Å². The molecule has 5 nitrogen and oxygen atoms in total. The topological polar surface area (TPSA) is 51.5 Å². The van der Waals surface area contributed by atoms with Crippen LogP contribution in [0.1, 0.15) is 52.9 Å². The van der Waals surface area contributed by atoms with Gasteiger partial charge in [-0.2, -0.15) is 0 Å². The molecule has 2 heterocycles. The van der Waals surface area contributed by atoms with Gasteiger partial charge in [-0.1, -0.05) is 43.2 Å². The molecule has 1 spiro atoms. The van der Waals surface area contributed by atoms with Gasteiger partial charge in [-0.05, 0) is 68.6 Å². The lowest BCUT2D eigenvalue weighted by molar-refractivity contribution is -0.0156. The van der Waals surface area contributed by atoms with Gasteiger partial charge in [-0.3, -0.25) is 4.79 Å². The smallest absolute Gasteiger partial charge is 0.410 e. The molecule has 2 aliphatic rings. The summed E-state index contributed by atoms with van der Waals surface area (Å²) in [4.78, 5) is 27.5. The summed E-state index contributed by atoms with van der Waals surface area (Å²) in [5.74, 6) is 0.397. The zero-order chi connectivity index (χ0) is 22.1. The molecule has 1 aromatic heterocycles. The van der Waals surface area contributed by atoms with Gasteiger partial charge >= 0.3 is 6.09 Å². The molecule has 31 heavy (non-hydrogen) atoms. The molecule has 1 amide bonds. The Labute approximate surface area is 185 Å². The number of carbonyl (C=O) groups is 1. The Morgan fingerprint density at radius 1 is 1.10 bits per heavy atom. The highest BCUT2D eigenvalue weighted by Gasteiger charge is 2.46. The third-order valence-electron chi connectivity index (χ3n) is 6.89. The van der Waals surface area contributed by atoms with Gasteiger partial charge in [0.15, 0.2) is 0 Å². The first-order valence-corrected chi connectivity index (χ1v) is 11.5. The Balaban J connectivity index is 1.51. The summed E-state index contributed by atoms with van der Waals surface area (Å²) in [5.41, 5.74) is 1.67. The van der Waals surface area contributed by atoms with Crippen LogP contribution in [0.3, 0.4) is 0 Å². The largest absolute Gasteiger partial charge is 0.444 e. The van der Waals surface area contributed by atoms with Crippen LogP contribution in [0.5, 0.6) is 0 Å². The fourth-order valence-corrected chi connectivity index (χ4v) is 5.33. The van der Waals surface area contributed by atoms with E-state index in [1.165, 1.54) is 12.8 Å². The Kier molecular flexibility index (Phi) is 5.96. The van der Waals surface area contributed by atoms with E-state index in [1.54, 1.807) is 6.07 Å². The summed E-state index contributed by atoms with van der Waals surface area (Å²) in [6, 6.07) is 13.8. The number of rotatable bonds is 3. The van der Waals surface area contributed by atoms with Crippen LogP contribution in [0.4, 0.5) is 4.79 Å². The second-order valence-corrected chi connectivity index (χ2v) is 10.2. The van der Waals surface area contributed by atoms with Gasteiger partial charge in [0.2, 0.25) is 0 Å². The zero-order valence-electron chi connectivity index (χ0n) is 19.0. The van der Waals surface area contributed by atoms with E-state index < -0.39 is 5.60 Å². The van der Waals surface area contributed by atoms with Crippen molar-refractivity contribution < 1.29 is 9.53 Å². The first-order valence-electron chi connectivity index (χ1n) is 11.5. The van der Waals surface area contributed by atoms with Gasteiger partial charge in [0.1, 0.15) is 5.60 Å². The molecule has 0 N–H and O–H groups in total. The second-order valence-electron chi connectivity index (χ2n) is 10.2. The van der Waals surface area contributed by atoms with Crippen molar-refractivity contribution in [1.82, 2.24) is 9.47 Å². The van der Waals surface area contributed by atoms with E-state index in [-0.39, 0.29) is 17.1 Å². The summed E-state index contributed by atoms with van der Waals surface area (Å²) in [6.45, 7) is 7.88. The van der Waals surface area contributed by atoms with E-state index in [1.807, 2.05) is 72.8 Å². The first kappa shape index (κ1) is 21.7. The van der Waals surface area contributed by atoms with Crippen LogP contribution in [0, 0.1) is 11.3 Å². The number of hydrogen-bond donors (Lipinski definition) is 0. The Morgan fingerprint density at radius 3 is 2.45 bits per heavy atom. The molecule has 1 aromatic carbocycles. The standard InChI is InChI=1S/C26H34N2O3/c1-25(2,3)31-24(30)28-16-12-22(26(19-28)13-7-8-14-26)18-27-15-11-21(17-23(27)29)20-9-5-4-6-10-20/h4-6,9-11,15,17,22H,7-8,12-14,16,18-19H2,1-3H3/t22-/m0/s1. The van der Waals surface area contributed by atoms with E-state index in [2.05, 4.69) is 0 Å². The van der Waals surface area contributed by atoms with Crippen molar-refractivity contribution >= 4 is 6.09 Å². The summed E-state index contributed by atoms with van der Waals surface area (Å²) in [7, 11) is 0. The lowest BCUT2D eigenvalue weighted by Gasteiger charge is -2.46. The van der Waals surface area contributed by atoms with Gasteiger partial charge in [-0.25, -0.2) is 4.79 Å². The van der Waals surface area contributed by atoms with Gasteiger partial charge in [0.25, 0.3) is 5.56 Å². The van der Waals surface area contributed by atoms with Crippen LogP contribution in [0.25, 0.3) is 11.1 Å². The lowest BCUT2D eigenvalue weighted by atomic mass is 9.69. The van der Waals surface area contributed by atoms with Gasteiger partial charge < -0.3 is 14.2 Å². The van der Waals surface area contributed by atoms with Crippen LogP contribution in [0.15, 0.2) is 53.5 Å². The summed E-state index contributed by atoms with van der Waals surface area (Å²) in [6.07, 6.45) is 7.27. The minimum absolute atomic E-state index is 0.0454. The van der Waals surface area contributed by atoms with E-state index in [0.29, 0.717) is 12.5 Å². The summed E-state index contributed by atoms with van der Waals surface area (Å²) < 4.78 is 7.50. The number of pyridine rings is 1. The number of carbonyl (C=O) groups excluding carboxylic acids is 1. The first-order chi connectivity index (χ1) is 14.8. The molecule has 2 aromatic rings. The van der Waals surface area contributed by atoms with Gasteiger partial charge in [-0.15, -0.1) is 0 Å². The highest BCUT2D eigenvalue weighted by molar-refractivity contribution is 5.68. The average Bonchev–Trinajstić information content (AvgIpc) is 3.19. The van der Waals surface area contributed by atoms with E-state index in [0.717, 1.165) is 43.5 Å².